The molecule has 0 spiro atoms. The molecule has 1 heterocycles. The van der Waals surface area contributed by atoms with Crippen molar-refractivity contribution < 1.29 is 13.2 Å². The van der Waals surface area contributed by atoms with Gasteiger partial charge in [-0.1, -0.05) is 85.7 Å². The fourth-order valence-corrected chi connectivity index (χ4v) is 5.67. The standard InChI is InChI=1S/C25H26N4O3S2/c1-4-17(3)22(29-34(31,32)21-13-12-18-9-5-6-10-19(18)15-21)23(30)26-25-28-27-24(33-25)20-11-7-8-16(2)14-20/h5-15,17,22,29H,4H2,1-3H3,(H,26,28,30). The molecule has 4 rings (SSSR count). The average molecular weight is 495 g/mol. The van der Waals surface area contributed by atoms with Gasteiger partial charge in [-0.15, -0.1) is 10.2 Å². The number of nitrogens with zero attached hydrogens (tertiary/aromatic N) is 2. The topological polar surface area (TPSA) is 101 Å². The van der Waals surface area contributed by atoms with Crippen LogP contribution in [0.5, 0.6) is 0 Å². The fraction of sp³-hybridized carbons (Fsp3) is 0.240. The van der Waals surface area contributed by atoms with E-state index in [2.05, 4.69) is 20.2 Å². The first-order chi connectivity index (χ1) is 16.3. The zero-order chi connectivity index (χ0) is 24.3. The van der Waals surface area contributed by atoms with Crippen molar-refractivity contribution >= 4 is 43.2 Å². The predicted molar refractivity (Wildman–Crippen MR) is 136 cm³/mol. The number of rotatable bonds is 8. The van der Waals surface area contributed by atoms with Crippen LogP contribution in [-0.4, -0.2) is 30.6 Å². The lowest BCUT2D eigenvalue weighted by Crippen LogP contribution is -2.47. The number of amides is 1. The van der Waals surface area contributed by atoms with Crippen molar-refractivity contribution in [2.75, 3.05) is 5.32 Å². The minimum atomic E-state index is -3.93. The molecule has 7 nitrogen and oxygen atoms in total. The van der Waals surface area contributed by atoms with E-state index in [1.807, 2.05) is 69.3 Å². The first-order valence-electron chi connectivity index (χ1n) is 11.0. The van der Waals surface area contributed by atoms with Gasteiger partial charge in [-0.25, -0.2) is 8.42 Å². The average Bonchev–Trinajstić information content (AvgIpc) is 3.30. The molecule has 176 valence electrons. The van der Waals surface area contributed by atoms with Crippen LogP contribution in [0.15, 0.2) is 71.6 Å². The Bertz CT molecular complexity index is 1430. The lowest BCUT2D eigenvalue weighted by atomic mass is 9.99. The number of nitrogens with one attached hydrogen (secondary N) is 2. The summed E-state index contributed by atoms with van der Waals surface area (Å²) in [5.74, 6) is -0.704. The minimum absolute atomic E-state index is 0.116. The monoisotopic (exact) mass is 494 g/mol. The highest BCUT2D eigenvalue weighted by Gasteiger charge is 2.30. The predicted octanol–water partition coefficient (Wildman–Crippen LogP) is 5.00. The van der Waals surface area contributed by atoms with Crippen LogP contribution in [0.4, 0.5) is 5.13 Å². The molecule has 34 heavy (non-hydrogen) atoms. The van der Waals surface area contributed by atoms with Crippen LogP contribution in [0.1, 0.15) is 25.8 Å². The van der Waals surface area contributed by atoms with E-state index in [-0.39, 0.29) is 10.8 Å². The van der Waals surface area contributed by atoms with Gasteiger partial charge < -0.3 is 0 Å². The number of benzene rings is 3. The van der Waals surface area contributed by atoms with E-state index in [4.69, 9.17) is 0 Å². The molecule has 1 aromatic heterocycles. The van der Waals surface area contributed by atoms with E-state index in [0.717, 1.165) is 21.9 Å². The Morgan fingerprint density at radius 3 is 2.50 bits per heavy atom. The van der Waals surface area contributed by atoms with Crippen LogP contribution in [-0.2, 0) is 14.8 Å². The van der Waals surface area contributed by atoms with E-state index in [9.17, 15) is 13.2 Å². The van der Waals surface area contributed by atoms with Gasteiger partial charge in [-0.3, -0.25) is 10.1 Å². The van der Waals surface area contributed by atoms with Gasteiger partial charge >= 0.3 is 0 Å². The fourth-order valence-electron chi connectivity index (χ4n) is 3.59. The first-order valence-corrected chi connectivity index (χ1v) is 13.3. The zero-order valence-corrected chi connectivity index (χ0v) is 20.8. The highest BCUT2D eigenvalue weighted by Crippen LogP contribution is 2.27. The Labute approximate surface area is 203 Å². The van der Waals surface area contributed by atoms with Gasteiger partial charge in [0.1, 0.15) is 11.0 Å². The molecule has 0 aliphatic heterocycles. The molecule has 3 aromatic carbocycles. The zero-order valence-electron chi connectivity index (χ0n) is 19.1. The molecule has 2 N–H and O–H groups in total. The van der Waals surface area contributed by atoms with E-state index < -0.39 is 22.0 Å². The molecular formula is C25H26N4O3S2. The van der Waals surface area contributed by atoms with Gasteiger partial charge in [-0.05, 0) is 41.8 Å². The largest absolute Gasteiger partial charge is 0.299 e. The van der Waals surface area contributed by atoms with Crippen LogP contribution < -0.4 is 10.0 Å². The molecule has 2 unspecified atom stereocenters. The molecule has 9 heteroatoms. The summed E-state index contributed by atoms with van der Waals surface area (Å²) < 4.78 is 28.9. The third-order valence-electron chi connectivity index (χ3n) is 5.73. The molecule has 0 bridgehead atoms. The van der Waals surface area contributed by atoms with Crippen molar-refractivity contribution in [3.05, 3.63) is 72.3 Å². The summed E-state index contributed by atoms with van der Waals surface area (Å²) in [6.07, 6.45) is 0.614. The molecule has 2 atom stereocenters. The van der Waals surface area contributed by atoms with Crippen LogP contribution in [0.3, 0.4) is 0 Å². The number of sulfonamides is 1. The smallest absolute Gasteiger partial charge is 0.244 e. The molecule has 0 radical (unpaired) electrons. The summed E-state index contributed by atoms with van der Waals surface area (Å²) in [6.45, 7) is 5.74. The number of carbonyl (C=O) groups is 1. The van der Waals surface area contributed by atoms with Crippen LogP contribution in [0.25, 0.3) is 21.3 Å². The van der Waals surface area contributed by atoms with Crippen LogP contribution in [0, 0.1) is 12.8 Å². The third kappa shape index (κ3) is 5.32. The number of aromatic nitrogens is 2. The molecule has 0 aliphatic carbocycles. The SMILES string of the molecule is CCC(C)C(NS(=O)(=O)c1ccc2ccccc2c1)C(=O)Nc1nnc(-c2cccc(C)c2)s1. The number of hydrogen-bond acceptors (Lipinski definition) is 6. The van der Waals surface area contributed by atoms with E-state index in [1.54, 1.807) is 18.2 Å². The van der Waals surface area contributed by atoms with E-state index in [1.165, 1.54) is 11.3 Å². The molecule has 0 saturated heterocycles. The van der Waals surface area contributed by atoms with Crippen molar-refractivity contribution in [3.63, 3.8) is 0 Å². The number of aryl methyl sites for hydroxylation is 1. The number of carbonyl (C=O) groups excluding carboxylic acids is 1. The van der Waals surface area contributed by atoms with Crippen molar-refractivity contribution in [2.45, 2.75) is 38.1 Å². The summed E-state index contributed by atoms with van der Waals surface area (Å²) in [4.78, 5) is 13.3. The maximum atomic E-state index is 13.2. The molecule has 0 aliphatic rings. The highest BCUT2D eigenvalue weighted by molar-refractivity contribution is 7.89. The van der Waals surface area contributed by atoms with Gasteiger partial charge in [0.2, 0.25) is 21.1 Å². The van der Waals surface area contributed by atoms with Gasteiger partial charge in [0.05, 0.1) is 4.90 Å². The molecular weight excluding hydrogens is 468 g/mol. The summed E-state index contributed by atoms with van der Waals surface area (Å²) in [5.41, 5.74) is 2.01. The van der Waals surface area contributed by atoms with Gasteiger partial charge in [0.15, 0.2) is 0 Å². The van der Waals surface area contributed by atoms with E-state index in [0.29, 0.717) is 16.6 Å². The quantitative estimate of drug-likeness (QED) is 0.359. The maximum absolute atomic E-state index is 13.2. The number of hydrogen-bond donors (Lipinski definition) is 2. The Hall–Kier alpha value is -3.14. The van der Waals surface area contributed by atoms with Gasteiger partial charge in [-0.2, -0.15) is 4.72 Å². The summed E-state index contributed by atoms with van der Waals surface area (Å²) in [5, 5.41) is 13.7. The summed E-state index contributed by atoms with van der Waals surface area (Å²) >= 11 is 1.24. The second-order valence-electron chi connectivity index (χ2n) is 8.26. The second-order valence-corrected chi connectivity index (χ2v) is 11.0. The van der Waals surface area contributed by atoms with E-state index >= 15 is 0 Å². The molecule has 0 fully saturated rings. The Morgan fingerprint density at radius 2 is 1.76 bits per heavy atom. The third-order valence-corrected chi connectivity index (χ3v) is 8.06. The molecule has 0 saturated carbocycles. The first kappa shape index (κ1) is 24.0. The lowest BCUT2D eigenvalue weighted by Gasteiger charge is -2.23. The number of fused-ring (bicyclic) bond motifs is 1. The van der Waals surface area contributed by atoms with Gasteiger partial charge in [0.25, 0.3) is 0 Å². The minimum Gasteiger partial charge on any atom is -0.299 e. The summed E-state index contributed by atoms with van der Waals surface area (Å²) in [6, 6.07) is 19.3. The normalized spacial score (nSPS) is 13.5. The number of anilines is 1. The van der Waals surface area contributed by atoms with Crippen molar-refractivity contribution in [2.24, 2.45) is 5.92 Å². The van der Waals surface area contributed by atoms with Crippen molar-refractivity contribution in [1.29, 1.82) is 0 Å². The van der Waals surface area contributed by atoms with Crippen molar-refractivity contribution in [1.82, 2.24) is 14.9 Å². The van der Waals surface area contributed by atoms with Crippen molar-refractivity contribution in [3.8, 4) is 10.6 Å². The summed E-state index contributed by atoms with van der Waals surface area (Å²) in [7, 11) is -3.93. The Morgan fingerprint density at radius 1 is 1.00 bits per heavy atom. The molecule has 1 amide bonds. The van der Waals surface area contributed by atoms with Crippen LogP contribution in [0.2, 0.25) is 0 Å². The van der Waals surface area contributed by atoms with Gasteiger partial charge in [0, 0.05) is 5.56 Å². The lowest BCUT2D eigenvalue weighted by molar-refractivity contribution is -0.118. The maximum Gasteiger partial charge on any atom is 0.244 e. The Kier molecular flexibility index (Phi) is 7.06. The second kappa shape index (κ2) is 10.0. The highest BCUT2D eigenvalue weighted by atomic mass is 32.2. The Balaban J connectivity index is 1.55. The molecule has 4 aromatic rings. The van der Waals surface area contributed by atoms with Crippen LogP contribution >= 0.6 is 11.3 Å².